The third-order valence-electron chi connectivity index (χ3n) is 1.91. The van der Waals surface area contributed by atoms with Gasteiger partial charge < -0.3 is 9.88 Å². The minimum absolute atomic E-state index is 0.775. The van der Waals surface area contributed by atoms with Crippen molar-refractivity contribution in [3.63, 3.8) is 0 Å². The molecule has 60 valence electrons. The molecule has 3 nitrogen and oxygen atoms in total. The zero-order valence-corrected chi connectivity index (χ0v) is 6.75. The van der Waals surface area contributed by atoms with E-state index in [-0.39, 0.29) is 0 Å². The second-order valence-electron chi connectivity index (χ2n) is 3.19. The van der Waals surface area contributed by atoms with E-state index in [1.807, 2.05) is 17.9 Å². The zero-order valence-electron chi connectivity index (χ0n) is 6.75. The smallest absolute Gasteiger partial charge is 0.0947 e. The normalized spacial score (nSPS) is 17.2. The van der Waals surface area contributed by atoms with Gasteiger partial charge in [-0.3, -0.25) is 0 Å². The van der Waals surface area contributed by atoms with Crippen LogP contribution in [0.4, 0.5) is 0 Å². The van der Waals surface area contributed by atoms with Gasteiger partial charge in [-0.15, -0.1) is 0 Å². The van der Waals surface area contributed by atoms with Crippen molar-refractivity contribution in [3.8, 4) is 0 Å². The number of rotatable bonds is 3. The highest BCUT2D eigenvalue weighted by Crippen LogP contribution is 2.18. The summed E-state index contributed by atoms with van der Waals surface area (Å²) in [6, 6.07) is 0.775. The van der Waals surface area contributed by atoms with Gasteiger partial charge in [0.05, 0.1) is 12.0 Å². The first-order valence-electron chi connectivity index (χ1n) is 4.05. The fraction of sp³-hybridized carbons (Fsp3) is 0.625. The van der Waals surface area contributed by atoms with Gasteiger partial charge in [-0.1, -0.05) is 0 Å². The molecular formula is C8H13N3. The van der Waals surface area contributed by atoms with Crippen LogP contribution in [-0.2, 0) is 13.6 Å². The van der Waals surface area contributed by atoms with Crippen LogP contribution in [0.5, 0.6) is 0 Å². The van der Waals surface area contributed by atoms with Gasteiger partial charge in [0, 0.05) is 25.8 Å². The van der Waals surface area contributed by atoms with E-state index in [2.05, 4.69) is 16.5 Å². The van der Waals surface area contributed by atoms with Crippen molar-refractivity contribution in [2.45, 2.75) is 25.4 Å². The van der Waals surface area contributed by atoms with Gasteiger partial charge in [0.25, 0.3) is 0 Å². The summed E-state index contributed by atoms with van der Waals surface area (Å²) in [5.74, 6) is 0. The summed E-state index contributed by atoms with van der Waals surface area (Å²) >= 11 is 0. The standard InChI is InChI=1S/C8H13N3/c1-11-5-8(10-6-11)4-9-7-2-3-7/h5-7,9H,2-4H2,1H3. The van der Waals surface area contributed by atoms with Crippen LogP contribution < -0.4 is 5.32 Å². The lowest BCUT2D eigenvalue weighted by Gasteiger charge is -1.96. The number of imidazole rings is 1. The van der Waals surface area contributed by atoms with Crippen molar-refractivity contribution in [1.29, 1.82) is 0 Å². The van der Waals surface area contributed by atoms with Crippen molar-refractivity contribution in [1.82, 2.24) is 14.9 Å². The van der Waals surface area contributed by atoms with Crippen molar-refractivity contribution in [3.05, 3.63) is 18.2 Å². The Kier molecular flexibility index (Phi) is 1.66. The summed E-state index contributed by atoms with van der Waals surface area (Å²) in [5, 5.41) is 3.41. The van der Waals surface area contributed by atoms with E-state index >= 15 is 0 Å². The second-order valence-corrected chi connectivity index (χ2v) is 3.19. The van der Waals surface area contributed by atoms with Crippen molar-refractivity contribution < 1.29 is 0 Å². The first-order valence-corrected chi connectivity index (χ1v) is 4.05. The molecule has 0 radical (unpaired) electrons. The van der Waals surface area contributed by atoms with Crippen LogP contribution in [0.3, 0.4) is 0 Å². The number of hydrogen-bond donors (Lipinski definition) is 1. The maximum absolute atomic E-state index is 4.22. The number of nitrogens with one attached hydrogen (secondary N) is 1. The predicted molar refractivity (Wildman–Crippen MR) is 43.1 cm³/mol. The van der Waals surface area contributed by atoms with Crippen LogP contribution in [0.15, 0.2) is 12.5 Å². The Bertz CT molecular complexity index is 237. The van der Waals surface area contributed by atoms with Gasteiger partial charge in [-0.25, -0.2) is 4.98 Å². The third-order valence-corrected chi connectivity index (χ3v) is 1.91. The highest BCUT2D eigenvalue weighted by Gasteiger charge is 2.20. The summed E-state index contributed by atoms with van der Waals surface area (Å²) in [4.78, 5) is 4.22. The molecule has 0 aromatic carbocycles. The Morgan fingerprint density at radius 1 is 1.73 bits per heavy atom. The van der Waals surface area contributed by atoms with Crippen LogP contribution in [0.1, 0.15) is 18.5 Å². The molecule has 0 aliphatic heterocycles. The fourth-order valence-corrected chi connectivity index (χ4v) is 1.09. The lowest BCUT2D eigenvalue weighted by molar-refractivity contribution is 0.676. The Hall–Kier alpha value is -0.830. The molecule has 0 spiro atoms. The summed E-state index contributed by atoms with van der Waals surface area (Å²) in [6.45, 7) is 0.922. The lowest BCUT2D eigenvalue weighted by atomic mass is 10.4. The zero-order chi connectivity index (χ0) is 7.68. The van der Waals surface area contributed by atoms with E-state index in [4.69, 9.17) is 0 Å². The Morgan fingerprint density at radius 2 is 2.55 bits per heavy atom. The van der Waals surface area contributed by atoms with E-state index in [1.165, 1.54) is 12.8 Å². The van der Waals surface area contributed by atoms with Crippen molar-refractivity contribution in [2.75, 3.05) is 0 Å². The average Bonchev–Trinajstić information content (AvgIpc) is 2.72. The van der Waals surface area contributed by atoms with E-state index in [0.29, 0.717) is 0 Å². The molecule has 1 aromatic rings. The highest BCUT2D eigenvalue weighted by molar-refractivity contribution is 4.97. The van der Waals surface area contributed by atoms with Gasteiger partial charge in [-0.2, -0.15) is 0 Å². The lowest BCUT2D eigenvalue weighted by Crippen LogP contribution is -2.15. The van der Waals surface area contributed by atoms with Gasteiger partial charge in [0.15, 0.2) is 0 Å². The summed E-state index contributed by atoms with van der Waals surface area (Å²) in [5.41, 5.74) is 1.14. The molecule has 0 unspecified atom stereocenters. The molecule has 11 heavy (non-hydrogen) atoms. The van der Waals surface area contributed by atoms with Gasteiger partial charge in [0.2, 0.25) is 0 Å². The van der Waals surface area contributed by atoms with Crippen LogP contribution in [0.2, 0.25) is 0 Å². The molecule has 1 heterocycles. The van der Waals surface area contributed by atoms with Gasteiger partial charge in [-0.05, 0) is 12.8 Å². The monoisotopic (exact) mass is 151 g/mol. The first-order chi connectivity index (χ1) is 5.34. The average molecular weight is 151 g/mol. The summed E-state index contributed by atoms with van der Waals surface area (Å²) in [6.07, 6.45) is 6.57. The first kappa shape index (κ1) is 6.85. The largest absolute Gasteiger partial charge is 0.340 e. The maximum atomic E-state index is 4.22. The molecule has 1 fully saturated rings. The Labute approximate surface area is 66.4 Å². The highest BCUT2D eigenvalue weighted by atomic mass is 15.0. The second kappa shape index (κ2) is 2.66. The van der Waals surface area contributed by atoms with Crippen LogP contribution in [0.25, 0.3) is 0 Å². The van der Waals surface area contributed by atoms with E-state index in [1.54, 1.807) is 0 Å². The number of aromatic nitrogens is 2. The summed E-state index contributed by atoms with van der Waals surface area (Å²) in [7, 11) is 1.99. The number of nitrogens with zero attached hydrogens (tertiary/aromatic N) is 2. The third kappa shape index (κ3) is 1.80. The topological polar surface area (TPSA) is 29.9 Å². The summed E-state index contributed by atoms with van der Waals surface area (Å²) < 4.78 is 1.98. The molecule has 2 rings (SSSR count). The molecule has 1 saturated carbocycles. The van der Waals surface area contributed by atoms with Crippen LogP contribution in [-0.4, -0.2) is 15.6 Å². The number of hydrogen-bond acceptors (Lipinski definition) is 2. The molecule has 1 aliphatic carbocycles. The molecule has 0 bridgehead atoms. The van der Waals surface area contributed by atoms with E-state index in [0.717, 1.165) is 18.3 Å². The number of aryl methyl sites for hydroxylation is 1. The Morgan fingerprint density at radius 3 is 3.09 bits per heavy atom. The molecule has 1 N–H and O–H groups in total. The molecule has 3 heteroatoms. The molecule has 0 saturated heterocycles. The quantitative estimate of drug-likeness (QED) is 0.688. The van der Waals surface area contributed by atoms with Crippen LogP contribution in [0, 0.1) is 0 Å². The van der Waals surface area contributed by atoms with E-state index < -0.39 is 0 Å². The predicted octanol–water partition coefficient (Wildman–Crippen LogP) is 0.672. The van der Waals surface area contributed by atoms with Crippen molar-refractivity contribution in [2.24, 2.45) is 7.05 Å². The Balaban J connectivity index is 1.85. The molecule has 0 atom stereocenters. The minimum atomic E-state index is 0.775. The fourth-order valence-electron chi connectivity index (χ4n) is 1.09. The van der Waals surface area contributed by atoms with Crippen LogP contribution >= 0.6 is 0 Å². The molecule has 1 aliphatic rings. The molecule has 0 amide bonds. The van der Waals surface area contributed by atoms with Gasteiger partial charge >= 0.3 is 0 Å². The maximum Gasteiger partial charge on any atom is 0.0947 e. The SMILES string of the molecule is Cn1cnc(CNC2CC2)c1. The minimum Gasteiger partial charge on any atom is -0.340 e. The van der Waals surface area contributed by atoms with E-state index in [9.17, 15) is 0 Å². The van der Waals surface area contributed by atoms with Crippen molar-refractivity contribution >= 4 is 0 Å². The molecular weight excluding hydrogens is 138 g/mol. The molecule has 1 aromatic heterocycles. The van der Waals surface area contributed by atoms with Gasteiger partial charge in [0.1, 0.15) is 0 Å².